The summed E-state index contributed by atoms with van der Waals surface area (Å²) in [6, 6.07) is 8.02. The largest absolute Gasteiger partial charge is 0.325 e. The van der Waals surface area contributed by atoms with Gasteiger partial charge in [0, 0.05) is 19.9 Å². The number of para-hydroxylation sites is 1. The van der Waals surface area contributed by atoms with E-state index in [4.69, 9.17) is 23.2 Å². The monoisotopic (exact) mass is 386 g/mol. The van der Waals surface area contributed by atoms with Crippen molar-refractivity contribution < 1.29 is 18.4 Å². The molecule has 0 aliphatic rings. The first kappa shape index (κ1) is 19.1. The van der Waals surface area contributed by atoms with Crippen molar-refractivity contribution in [3.8, 4) is 0 Å². The topological polar surface area (TPSA) is 49.4 Å². The quantitative estimate of drug-likeness (QED) is 0.812. The molecule has 25 heavy (non-hydrogen) atoms. The van der Waals surface area contributed by atoms with Crippen LogP contribution in [0.2, 0.25) is 10.0 Å². The van der Waals surface area contributed by atoms with E-state index < -0.39 is 29.1 Å². The number of rotatable bonds is 5. The second-order valence-corrected chi connectivity index (χ2v) is 5.93. The van der Waals surface area contributed by atoms with Crippen molar-refractivity contribution in [1.82, 2.24) is 0 Å². The van der Waals surface area contributed by atoms with Crippen molar-refractivity contribution in [2.24, 2.45) is 0 Å². The van der Waals surface area contributed by atoms with E-state index in [-0.39, 0.29) is 23.0 Å². The summed E-state index contributed by atoms with van der Waals surface area (Å²) in [4.78, 5) is 24.7. The SMILES string of the molecule is CC(=O)N(CCC(=O)Nc1cccc(Cl)c1Cl)c1c(F)cccc1F. The third kappa shape index (κ3) is 4.67. The molecule has 2 aromatic rings. The first-order chi connectivity index (χ1) is 11.8. The van der Waals surface area contributed by atoms with E-state index in [1.165, 1.54) is 6.07 Å². The summed E-state index contributed by atoms with van der Waals surface area (Å²) in [5, 5.41) is 3.00. The summed E-state index contributed by atoms with van der Waals surface area (Å²) in [6.45, 7) is 0.967. The lowest BCUT2D eigenvalue weighted by atomic mass is 10.2. The number of hydrogen-bond acceptors (Lipinski definition) is 2. The van der Waals surface area contributed by atoms with Crippen LogP contribution in [0.1, 0.15) is 13.3 Å². The van der Waals surface area contributed by atoms with E-state index in [1.54, 1.807) is 18.2 Å². The van der Waals surface area contributed by atoms with E-state index in [9.17, 15) is 18.4 Å². The Morgan fingerprint density at radius 2 is 1.68 bits per heavy atom. The molecule has 0 unspecified atom stereocenters. The van der Waals surface area contributed by atoms with Crippen LogP contribution in [0.5, 0.6) is 0 Å². The van der Waals surface area contributed by atoms with Crippen molar-refractivity contribution >= 4 is 46.4 Å². The minimum absolute atomic E-state index is 0.182. The molecule has 2 amide bonds. The molecule has 0 atom stereocenters. The predicted octanol–water partition coefficient (Wildman–Crippen LogP) is 4.65. The number of nitrogens with zero attached hydrogens (tertiary/aromatic N) is 1. The van der Waals surface area contributed by atoms with Crippen LogP contribution in [0, 0.1) is 11.6 Å². The van der Waals surface area contributed by atoms with Gasteiger partial charge in [-0.15, -0.1) is 0 Å². The smallest absolute Gasteiger partial charge is 0.226 e. The molecule has 0 heterocycles. The Morgan fingerprint density at radius 1 is 1.08 bits per heavy atom. The Bertz CT molecular complexity index is 795. The van der Waals surface area contributed by atoms with Crippen LogP contribution in [0.4, 0.5) is 20.2 Å². The second kappa shape index (κ2) is 8.27. The van der Waals surface area contributed by atoms with E-state index in [0.717, 1.165) is 24.0 Å². The van der Waals surface area contributed by atoms with Gasteiger partial charge >= 0.3 is 0 Å². The maximum absolute atomic E-state index is 13.9. The Morgan fingerprint density at radius 3 is 2.28 bits per heavy atom. The summed E-state index contributed by atoms with van der Waals surface area (Å²) in [5.41, 5.74) is -0.172. The fraction of sp³-hybridized carbons (Fsp3) is 0.176. The zero-order valence-corrected chi connectivity index (χ0v) is 14.7. The predicted molar refractivity (Wildman–Crippen MR) is 94.1 cm³/mol. The Balaban J connectivity index is 2.10. The van der Waals surface area contributed by atoms with Crippen molar-refractivity contribution in [1.29, 1.82) is 0 Å². The fourth-order valence-electron chi connectivity index (χ4n) is 2.20. The number of hydrogen-bond donors (Lipinski definition) is 1. The fourth-order valence-corrected chi connectivity index (χ4v) is 2.55. The molecular formula is C17H14Cl2F2N2O2. The molecule has 8 heteroatoms. The summed E-state index contributed by atoms with van der Waals surface area (Å²) < 4.78 is 27.7. The number of carbonyl (C=O) groups excluding carboxylic acids is 2. The number of nitrogens with one attached hydrogen (secondary N) is 1. The molecule has 2 aromatic carbocycles. The Hall–Kier alpha value is -2.18. The first-order valence-electron chi connectivity index (χ1n) is 7.27. The third-order valence-corrected chi connectivity index (χ3v) is 4.19. The molecule has 0 aliphatic carbocycles. The number of amides is 2. The van der Waals surface area contributed by atoms with Crippen LogP contribution in [0.15, 0.2) is 36.4 Å². The van der Waals surface area contributed by atoms with Crippen molar-refractivity contribution in [3.05, 3.63) is 58.1 Å². The van der Waals surface area contributed by atoms with Gasteiger partial charge in [-0.05, 0) is 24.3 Å². The van der Waals surface area contributed by atoms with Crippen LogP contribution in [0.3, 0.4) is 0 Å². The lowest BCUT2D eigenvalue weighted by Crippen LogP contribution is -2.33. The molecule has 132 valence electrons. The molecule has 0 aromatic heterocycles. The lowest BCUT2D eigenvalue weighted by Gasteiger charge is -2.22. The normalized spacial score (nSPS) is 10.4. The zero-order valence-electron chi connectivity index (χ0n) is 13.2. The lowest BCUT2D eigenvalue weighted by molar-refractivity contribution is -0.117. The molecule has 0 saturated heterocycles. The van der Waals surface area contributed by atoms with Crippen LogP contribution in [-0.4, -0.2) is 18.4 Å². The second-order valence-electron chi connectivity index (χ2n) is 5.14. The summed E-state index contributed by atoms with van der Waals surface area (Å²) in [5.74, 6) is -2.83. The Labute approximate surface area is 153 Å². The first-order valence-corrected chi connectivity index (χ1v) is 8.03. The highest BCUT2D eigenvalue weighted by atomic mass is 35.5. The van der Waals surface area contributed by atoms with E-state index in [2.05, 4.69) is 5.32 Å². The van der Waals surface area contributed by atoms with Crippen LogP contribution < -0.4 is 10.2 Å². The standard InChI is InChI=1S/C17H14Cl2F2N2O2/c1-10(24)23(17-12(20)5-3-6-13(17)21)9-8-15(25)22-14-7-2-4-11(18)16(14)19/h2-7H,8-9H2,1H3,(H,22,25). The van der Waals surface area contributed by atoms with Crippen LogP contribution in [0.25, 0.3) is 0 Å². The molecule has 0 aliphatic heterocycles. The molecule has 0 radical (unpaired) electrons. The number of halogens is 4. The summed E-state index contributed by atoms with van der Waals surface area (Å²) in [6.07, 6.45) is -0.184. The minimum atomic E-state index is -0.881. The van der Waals surface area contributed by atoms with Crippen molar-refractivity contribution in [2.45, 2.75) is 13.3 Å². The van der Waals surface area contributed by atoms with Gasteiger partial charge in [0.15, 0.2) is 0 Å². The van der Waals surface area contributed by atoms with E-state index >= 15 is 0 Å². The molecule has 0 bridgehead atoms. The average Bonchev–Trinajstić information content (AvgIpc) is 2.54. The molecule has 1 N–H and O–H groups in total. The van der Waals surface area contributed by atoms with Gasteiger partial charge in [-0.25, -0.2) is 8.78 Å². The van der Waals surface area contributed by atoms with Gasteiger partial charge in [0.25, 0.3) is 0 Å². The maximum atomic E-state index is 13.9. The number of anilines is 2. The average molecular weight is 387 g/mol. The molecule has 2 rings (SSSR count). The van der Waals surface area contributed by atoms with Gasteiger partial charge in [0.05, 0.1) is 15.7 Å². The molecule has 0 fully saturated rings. The molecule has 0 spiro atoms. The highest BCUT2D eigenvalue weighted by Gasteiger charge is 2.21. The number of benzene rings is 2. The molecule has 4 nitrogen and oxygen atoms in total. The Kier molecular flexibility index (Phi) is 6.33. The van der Waals surface area contributed by atoms with Gasteiger partial charge in [-0.2, -0.15) is 0 Å². The van der Waals surface area contributed by atoms with Crippen LogP contribution in [-0.2, 0) is 9.59 Å². The number of carbonyl (C=O) groups is 2. The maximum Gasteiger partial charge on any atom is 0.226 e. The highest BCUT2D eigenvalue weighted by molar-refractivity contribution is 6.43. The molecule has 0 saturated carbocycles. The van der Waals surface area contributed by atoms with Gasteiger partial charge in [0.1, 0.15) is 17.3 Å². The van der Waals surface area contributed by atoms with Gasteiger partial charge in [0.2, 0.25) is 11.8 Å². The van der Waals surface area contributed by atoms with E-state index in [0.29, 0.717) is 5.69 Å². The van der Waals surface area contributed by atoms with Gasteiger partial charge < -0.3 is 10.2 Å². The van der Waals surface area contributed by atoms with Gasteiger partial charge in [-0.1, -0.05) is 35.3 Å². The van der Waals surface area contributed by atoms with Crippen LogP contribution >= 0.6 is 23.2 Å². The zero-order chi connectivity index (χ0) is 18.6. The van der Waals surface area contributed by atoms with Crippen molar-refractivity contribution in [2.75, 3.05) is 16.8 Å². The van der Waals surface area contributed by atoms with Gasteiger partial charge in [-0.3, -0.25) is 9.59 Å². The third-order valence-electron chi connectivity index (χ3n) is 3.38. The van der Waals surface area contributed by atoms with Crippen molar-refractivity contribution in [3.63, 3.8) is 0 Å². The molecular weight excluding hydrogens is 373 g/mol. The highest BCUT2D eigenvalue weighted by Crippen LogP contribution is 2.29. The summed E-state index contributed by atoms with van der Waals surface area (Å²) >= 11 is 11.8. The minimum Gasteiger partial charge on any atom is -0.325 e. The van der Waals surface area contributed by atoms with E-state index in [1.807, 2.05) is 0 Å². The summed E-state index contributed by atoms with van der Waals surface area (Å²) in [7, 11) is 0.